The first-order valence-electron chi connectivity index (χ1n) is 12.7. The maximum atomic E-state index is 6.72. The Labute approximate surface area is 224 Å². The Bertz CT molecular complexity index is 1390. The summed E-state index contributed by atoms with van der Waals surface area (Å²) in [5, 5.41) is 0.812. The Hall–Kier alpha value is -2.70. The minimum atomic E-state index is 0.104. The maximum Gasteiger partial charge on any atom is 0.242 e. The third-order valence-electron chi connectivity index (χ3n) is 7.61. The topological polar surface area (TPSA) is 0 Å². The summed E-state index contributed by atoms with van der Waals surface area (Å²) < 4.78 is 0. The maximum absolute atomic E-state index is 6.72. The van der Waals surface area contributed by atoms with E-state index in [0.29, 0.717) is 0 Å². The normalized spacial score (nSPS) is 11.2. The van der Waals surface area contributed by atoms with Crippen molar-refractivity contribution in [3.63, 3.8) is 0 Å². The molecule has 180 valence electrons. The molecular weight excluding hydrogens is 453 g/mol. The van der Waals surface area contributed by atoms with Crippen LogP contribution >= 0.6 is 11.6 Å². The number of rotatable bonds is 4. The molecule has 3 heteroatoms. The lowest BCUT2D eigenvalue weighted by atomic mass is 9.34. The molecule has 0 N–H and O–H groups in total. The molecule has 0 aliphatic rings. The highest BCUT2D eigenvalue weighted by molar-refractivity contribution is 6.96. The van der Waals surface area contributed by atoms with E-state index >= 15 is 0 Å². The molecule has 36 heavy (non-hydrogen) atoms. The quantitative estimate of drug-likeness (QED) is 0.305. The Morgan fingerprint density at radius 3 is 1.53 bits per heavy atom. The molecule has 4 rings (SSSR count). The Morgan fingerprint density at radius 1 is 0.583 bits per heavy atom. The van der Waals surface area contributed by atoms with Crippen LogP contribution in [0.5, 0.6) is 0 Å². The summed E-state index contributed by atoms with van der Waals surface area (Å²) in [5.41, 5.74) is 18.2. The molecule has 2 radical (unpaired) electrons. The zero-order chi connectivity index (χ0) is 26.5. The van der Waals surface area contributed by atoms with Gasteiger partial charge < -0.3 is 0 Å². The third kappa shape index (κ3) is 4.69. The lowest BCUT2D eigenvalue weighted by Gasteiger charge is -2.26. The molecule has 4 aromatic carbocycles. The summed E-state index contributed by atoms with van der Waals surface area (Å²) in [6.07, 6.45) is 0. The van der Waals surface area contributed by atoms with E-state index in [1.807, 2.05) is 0 Å². The van der Waals surface area contributed by atoms with Crippen molar-refractivity contribution in [2.75, 3.05) is 0 Å². The van der Waals surface area contributed by atoms with Crippen LogP contribution in [0, 0.1) is 62.3 Å². The van der Waals surface area contributed by atoms with Crippen molar-refractivity contribution < 1.29 is 0 Å². The fraction of sp³-hybridized carbons (Fsp3) is 0.273. The van der Waals surface area contributed by atoms with Gasteiger partial charge in [-0.3, -0.25) is 0 Å². The number of aryl methyl sites for hydroxylation is 8. The molecule has 0 aliphatic carbocycles. The SMILES string of the molecule is [B]c1ccc(B(c2c(C)cc(C)cc2C)c2c(C)cc(C)cc2C)cc1-c1c(C)cc(C)c(Cl)c1C. The fourth-order valence-electron chi connectivity index (χ4n) is 6.32. The number of benzene rings is 4. The van der Waals surface area contributed by atoms with Gasteiger partial charge in [0.1, 0.15) is 7.85 Å². The second-order valence-electron chi connectivity index (χ2n) is 10.7. The van der Waals surface area contributed by atoms with Crippen molar-refractivity contribution in [1.29, 1.82) is 0 Å². The van der Waals surface area contributed by atoms with Crippen LogP contribution in [0.2, 0.25) is 5.02 Å². The van der Waals surface area contributed by atoms with E-state index in [0.717, 1.165) is 32.7 Å². The average molecular weight is 489 g/mol. The Balaban J connectivity index is 2.07. The summed E-state index contributed by atoms with van der Waals surface area (Å²) >= 11 is 6.72. The molecule has 0 bridgehead atoms. The van der Waals surface area contributed by atoms with E-state index in [4.69, 9.17) is 19.4 Å². The van der Waals surface area contributed by atoms with Crippen molar-refractivity contribution in [1.82, 2.24) is 0 Å². The van der Waals surface area contributed by atoms with Crippen molar-refractivity contribution in [3.05, 3.63) is 104 Å². The molecule has 0 amide bonds. The minimum Gasteiger partial charge on any atom is -0.0890 e. The predicted octanol–water partition coefficient (Wildman–Crippen LogP) is 6.09. The summed E-state index contributed by atoms with van der Waals surface area (Å²) in [6, 6.07) is 18.0. The molecule has 0 saturated heterocycles. The highest BCUT2D eigenvalue weighted by Gasteiger charge is 2.29. The van der Waals surface area contributed by atoms with Crippen molar-refractivity contribution in [3.8, 4) is 11.1 Å². The standard InChI is InChI=1S/C33H35B2Cl/c1-18-12-21(4)31(22(5)13-18)35(32-23(6)14-19(2)15-24(32)7)27-10-11-29(34)28(17-27)30-20(3)16-25(8)33(36)26(30)9/h10-17H,1-9H3. The third-order valence-corrected chi connectivity index (χ3v) is 8.19. The van der Waals surface area contributed by atoms with Gasteiger partial charge in [-0.15, -0.1) is 0 Å². The molecule has 4 aromatic rings. The first-order chi connectivity index (χ1) is 16.9. The van der Waals surface area contributed by atoms with Crippen LogP contribution in [0.3, 0.4) is 0 Å². The monoisotopic (exact) mass is 488 g/mol. The van der Waals surface area contributed by atoms with Gasteiger partial charge in [0.2, 0.25) is 6.71 Å². The van der Waals surface area contributed by atoms with Gasteiger partial charge in [-0.2, -0.15) is 0 Å². The Kier molecular flexibility index (Phi) is 7.31. The van der Waals surface area contributed by atoms with E-state index in [1.54, 1.807) is 0 Å². The largest absolute Gasteiger partial charge is 0.242 e. The number of halogens is 1. The summed E-state index contributed by atoms with van der Waals surface area (Å²) in [7, 11) is 6.64. The van der Waals surface area contributed by atoms with Gasteiger partial charge in [-0.05, 0) is 90.1 Å². The van der Waals surface area contributed by atoms with Crippen LogP contribution in [0.25, 0.3) is 11.1 Å². The second kappa shape index (κ2) is 9.98. The number of hydrogen-bond acceptors (Lipinski definition) is 0. The highest BCUT2D eigenvalue weighted by Crippen LogP contribution is 2.33. The van der Waals surface area contributed by atoms with Crippen LogP contribution < -0.4 is 21.9 Å². The van der Waals surface area contributed by atoms with Crippen LogP contribution in [0.4, 0.5) is 0 Å². The molecule has 0 unspecified atom stereocenters. The van der Waals surface area contributed by atoms with Crippen molar-refractivity contribution in [2.45, 2.75) is 62.3 Å². The fourth-order valence-corrected chi connectivity index (χ4v) is 6.47. The van der Waals surface area contributed by atoms with Gasteiger partial charge in [-0.25, -0.2) is 0 Å². The molecule has 0 atom stereocenters. The van der Waals surface area contributed by atoms with Gasteiger partial charge in [0, 0.05) is 5.02 Å². The van der Waals surface area contributed by atoms with Gasteiger partial charge >= 0.3 is 0 Å². The zero-order valence-corrected chi connectivity index (χ0v) is 23.9. The van der Waals surface area contributed by atoms with E-state index in [9.17, 15) is 0 Å². The van der Waals surface area contributed by atoms with Gasteiger partial charge in [0.15, 0.2) is 0 Å². The van der Waals surface area contributed by atoms with E-state index in [2.05, 4.69) is 111 Å². The van der Waals surface area contributed by atoms with Crippen LogP contribution in [0.1, 0.15) is 50.1 Å². The molecular formula is C33H35B2Cl. The molecule has 0 spiro atoms. The van der Waals surface area contributed by atoms with Crippen LogP contribution in [-0.2, 0) is 0 Å². The first kappa shape index (κ1) is 26.4. The first-order valence-corrected chi connectivity index (χ1v) is 13.1. The predicted molar refractivity (Wildman–Crippen MR) is 162 cm³/mol. The lowest BCUT2D eigenvalue weighted by molar-refractivity contribution is 1.32. The van der Waals surface area contributed by atoms with Gasteiger partial charge in [0.05, 0.1) is 0 Å². The summed E-state index contributed by atoms with van der Waals surface area (Å²) in [5.74, 6) is 0. The Morgan fingerprint density at radius 2 is 1.06 bits per heavy atom. The molecule has 0 saturated carbocycles. The molecule has 0 aliphatic heterocycles. The van der Waals surface area contributed by atoms with Crippen LogP contribution in [0.15, 0.2) is 48.5 Å². The molecule has 0 aromatic heterocycles. The zero-order valence-electron chi connectivity index (χ0n) is 23.2. The second-order valence-corrected chi connectivity index (χ2v) is 11.1. The molecule has 0 fully saturated rings. The smallest absolute Gasteiger partial charge is 0.0890 e. The summed E-state index contributed by atoms with van der Waals surface area (Å²) in [4.78, 5) is 0. The lowest BCUT2D eigenvalue weighted by Crippen LogP contribution is -2.56. The van der Waals surface area contributed by atoms with Gasteiger partial charge in [0.25, 0.3) is 0 Å². The van der Waals surface area contributed by atoms with E-state index in [1.165, 1.54) is 55.3 Å². The molecule has 0 nitrogen and oxygen atoms in total. The van der Waals surface area contributed by atoms with E-state index in [-0.39, 0.29) is 6.71 Å². The highest BCUT2D eigenvalue weighted by atomic mass is 35.5. The van der Waals surface area contributed by atoms with Crippen LogP contribution in [-0.4, -0.2) is 14.6 Å². The van der Waals surface area contributed by atoms with E-state index < -0.39 is 0 Å². The minimum absolute atomic E-state index is 0.104. The number of hydrogen-bond donors (Lipinski definition) is 0. The van der Waals surface area contributed by atoms with Crippen molar-refractivity contribution >= 4 is 48.0 Å². The van der Waals surface area contributed by atoms with Crippen molar-refractivity contribution in [2.24, 2.45) is 0 Å². The van der Waals surface area contributed by atoms with Gasteiger partial charge in [-0.1, -0.05) is 115 Å². The molecule has 0 heterocycles. The average Bonchev–Trinajstić information content (AvgIpc) is 2.76. The summed E-state index contributed by atoms with van der Waals surface area (Å²) in [6.45, 7) is 19.7.